The summed E-state index contributed by atoms with van der Waals surface area (Å²) < 4.78 is 39.5. The predicted octanol–water partition coefficient (Wildman–Crippen LogP) is 1.27. The van der Waals surface area contributed by atoms with Crippen molar-refractivity contribution in [2.45, 2.75) is 13.0 Å². The molecule has 0 amide bonds. The number of ketones is 2. The van der Waals surface area contributed by atoms with Gasteiger partial charge in [0.15, 0.2) is 5.78 Å². The normalized spacial score (nSPS) is 11.2. The van der Waals surface area contributed by atoms with Gasteiger partial charge < -0.3 is 9.67 Å². The molecule has 2 rings (SSSR count). The van der Waals surface area contributed by atoms with Crippen LogP contribution in [0.2, 0.25) is 0 Å². The minimum atomic E-state index is -3.71. The van der Waals surface area contributed by atoms with E-state index < -0.39 is 39.8 Å². The van der Waals surface area contributed by atoms with Crippen LogP contribution in [0.4, 0.5) is 10.1 Å². The number of nitrogens with one attached hydrogen (secondary N) is 1. The zero-order chi connectivity index (χ0) is 19.5. The number of halogens is 1. The van der Waals surface area contributed by atoms with Crippen LogP contribution in [-0.4, -0.2) is 41.9 Å². The molecule has 0 saturated carbocycles. The molecule has 2 N–H and O–H groups in total. The van der Waals surface area contributed by atoms with Crippen molar-refractivity contribution in [1.82, 2.24) is 4.57 Å². The Morgan fingerprint density at radius 2 is 1.77 bits per heavy atom. The van der Waals surface area contributed by atoms with Gasteiger partial charge in [-0.1, -0.05) is 12.1 Å². The number of aliphatic carboxylic acids is 1. The fourth-order valence-corrected chi connectivity index (χ4v) is 2.78. The number of aromatic nitrogens is 1. The van der Waals surface area contributed by atoms with E-state index in [-0.39, 0.29) is 17.8 Å². The zero-order valence-corrected chi connectivity index (χ0v) is 14.4. The van der Waals surface area contributed by atoms with Gasteiger partial charge in [0, 0.05) is 18.9 Å². The van der Waals surface area contributed by atoms with E-state index in [0.717, 1.165) is 6.26 Å². The number of carboxylic acid groups (broad SMARTS) is 1. The molecule has 2 aromatic rings. The van der Waals surface area contributed by atoms with E-state index in [4.69, 9.17) is 5.11 Å². The van der Waals surface area contributed by atoms with Gasteiger partial charge in [-0.3, -0.25) is 14.3 Å². The van der Waals surface area contributed by atoms with Gasteiger partial charge in [0.2, 0.25) is 15.8 Å². The van der Waals surface area contributed by atoms with E-state index in [2.05, 4.69) is 4.72 Å². The first-order valence-corrected chi connectivity index (χ1v) is 9.15. The second-order valence-electron chi connectivity index (χ2n) is 5.59. The van der Waals surface area contributed by atoms with E-state index >= 15 is 0 Å². The minimum absolute atomic E-state index is 0.0715. The lowest BCUT2D eigenvalue weighted by Crippen LogP contribution is -2.18. The Hall–Kier alpha value is -3.01. The van der Waals surface area contributed by atoms with Gasteiger partial charge in [0.05, 0.1) is 23.9 Å². The Kier molecular flexibility index (Phi) is 5.56. The highest BCUT2D eigenvalue weighted by atomic mass is 32.2. The second-order valence-corrected chi connectivity index (χ2v) is 7.34. The van der Waals surface area contributed by atoms with Crippen LogP contribution in [0.5, 0.6) is 0 Å². The molecule has 26 heavy (non-hydrogen) atoms. The number of sulfonamides is 1. The Morgan fingerprint density at radius 1 is 1.15 bits per heavy atom. The van der Waals surface area contributed by atoms with Crippen molar-refractivity contribution in [3.63, 3.8) is 0 Å². The molecule has 0 bridgehead atoms. The number of rotatable bonds is 8. The van der Waals surface area contributed by atoms with Crippen molar-refractivity contribution in [2.24, 2.45) is 0 Å². The first-order chi connectivity index (χ1) is 12.0. The molecule has 0 unspecified atom stereocenters. The highest BCUT2D eigenvalue weighted by molar-refractivity contribution is 7.92. The van der Waals surface area contributed by atoms with Gasteiger partial charge in [-0.15, -0.1) is 0 Å². The molecule has 0 fully saturated rings. The topological polar surface area (TPSA) is 123 Å². The van der Waals surface area contributed by atoms with E-state index in [1.165, 1.54) is 41.2 Å². The van der Waals surface area contributed by atoms with Crippen molar-refractivity contribution in [3.05, 3.63) is 53.6 Å². The van der Waals surface area contributed by atoms with Crippen molar-refractivity contribution >= 4 is 33.2 Å². The number of carboxylic acids is 1. The maximum atomic E-state index is 13.0. The van der Waals surface area contributed by atoms with Crippen LogP contribution < -0.4 is 4.72 Å². The summed E-state index contributed by atoms with van der Waals surface area (Å²) in [7, 11) is -3.71. The summed E-state index contributed by atoms with van der Waals surface area (Å²) in [6, 6.07) is 5.56. The Morgan fingerprint density at radius 3 is 2.31 bits per heavy atom. The molecule has 0 aliphatic rings. The Bertz CT molecular complexity index is 963. The lowest BCUT2D eigenvalue weighted by Gasteiger charge is -2.04. The monoisotopic (exact) mass is 382 g/mol. The molecule has 1 heterocycles. The molecule has 1 aromatic carbocycles. The summed E-state index contributed by atoms with van der Waals surface area (Å²) in [4.78, 5) is 34.1. The number of nitrogens with zero attached hydrogens (tertiary/aromatic N) is 1. The van der Waals surface area contributed by atoms with Crippen molar-refractivity contribution in [2.75, 3.05) is 11.0 Å². The number of hydrogen-bond acceptors (Lipinski definition) is 5. The molecule has 0 aliphatic carbocycles. The summed E-state index contributed by atoms with van der Waals surface area (Å²) in [6.07, 6.45) is 2.63. The standard InChI is InChI=1S/C16H15FN2O6S/c1-26(24,25)18-13-9-19(7-10-2-4-11(17)5-3-10)8-12(13)14(20)6-15(21)16(22)23/h2-5,8-9,18H,6-7H2,1H3,(H,22,23). The predicted molar refractivity (Wildman–Crippen MR) is 90.0 cm³/mol. The fourth-order valence-electron chi connectivity index (χ4n) is 2.22. The highest BCUT2D eigenvalue weighted by Crippen LogP contribution is 2.21. The summed E-state index contributed by atoms with van der Waals surface area (Å²) in [5, 5.41) is 8.61. The maximum Gasteiger partial charge on any atom is 0.372 e. The summed E-state index contributed by atoms with van der Waals surface area (Å²) >= 11 is 0. The van der Waals surface area contributed by atoms with Crippen molar-refractivity contribution in [3.8, 4) is 0 Å². The third kappa shape index (κ3) is 5.24. The maximum absolute atomic E-state index is 13.0. The van der Waals surface area contributed by atoms with E-state index in [0.29, 0.717) is 5.56 Å². The average Bonchev–Trinajstić information content (AvgIpc) is 2.89. The largest absolute Gasteiger partial charge is 0.475 e. The van der Waals surface area contributed by atoms with Gasteiger partial charge in [-0.2, -0.15) is 0 Å². The first-order valence-electron chi connectivity index (χ1n) is 7.26. The third-order valence-corrected chi connectivity index (χ3v) is 3.90. The molecular formula is C16H15FN2O6S. The lowest BCUT2D eigenvalue weighted by molar-refractivity contribution is -0.148. The molecule has 10 heteroatoms. The number of carbonyl (C=O) groups is 3. The Labute approximate surface area is 148 Å². The van der Waals surface area contributed by atoms with Gasteiger partial charge in [-0.05, 0) is 17.7 Å². The summed E-state index contributed by atoms with van der Waals surface area (Å²) in [5.74, 6) is -4.29. The van der Waals surface area contributed by atoms with Crippen molar-refractivity contribution in [1.29, 1.82) is 0 Å². The number of hydrogen-bond donors (Lipinski definition) is 2. The average molecular weight is 382 g/mol. The van der Waals surface area contributed by atoms with Crippen LogP contribution in [0, 0.1) is 5.82 Å². The molecule has 0 aliphatic heterocycles. The molecule has 138 valence electrons. The van der Waals surface area contributed by atoms with Crippen LogP contribution in [0.3, 0.4) is 0 Å². The molecular weight excluding hydrogens is 367 g/mol. The minimum Gasteiger partial charge on any atom is -0.475 e. The van der Waals surface area contributed by atoms with Crippen molar-refractivity contribution < 1.29 is 32.3 Å². The number of carbonyl (C=O) groups excluding carboxylic acids is 2. The SMILES string of the molecule is CS(=O)(=O)Nc1cn(Cc2ccc(F)cc2)cc1C(=O)CC(=O)C(=O)O. The quantitative estimate of drug-likeness (QED) is 0.403. The second kappa shape index (κ2) is 7.48. The number of benzene rings is 1. The van der Waals surface area contributed by atoms with Gasteiger partial charge in [0.25, 0.3) is 0 Å². The lowest BCUT2D eigenvalue weighted by atomic mass is 10.1. The van der Waals surface area contributed by atoms with Crippen LogP contribution in [0.1, 0.15) is 22.3 Å². The van der Waals surface area contributed by atoms with E-state index in [1.54, 1.807) is 0 Å². The molecule has 0 radical (unpaired) electrons. The summed E-state index contributed by atoms with van der Waals surface area (Å²) in [5.41, 5.74) is 0.484. The van der Waals surface area contributed by atoms with E-state index in [9.17, 15) is 27.2 Å². The fraction of sp³-hybridized carbons (Fsp3) is 0.188. The molecule has 0 atom stereocenters. The van der Waals surface area contributed by atoms with Gasteiger partial charge in [-0.25, -0.2) is 17.6 Å². The zero-order valence-electron chi connectivity index (χ0n) is 13.6. The van der Waals surface area contributed by atoms with Crippen LogP contribution in [0.25, 0.3) is 0 Å². The van der Waals surface area contributed by atoms with Gasteiger partial charge >= 0.3 is 5.97 Å². The van der Waals surface area contributed by atoms with Crippen LogP contribution in [-0.2, 0) is 26.2 Å². The molecule has 0 spiro atoms. The smallest absolute Gasteiger partial charge is 0.372 e. The summed E-state index contributed by atoms with van der Waals surface area (Å²) in [6.45, 7) is 0.207. The third-order valence-electron chi connectivity index (χ3n) is 3.31. The highest BCUT2D eigenvalue weighted by Gasteiger charge is 2.22. The first kappa shape index (κ1) is 19.3. The molecule has 0 saturated heterocycles. The van der Waals surface area contributed by atoms with Crippen LogP contribution in [0.15, 0.2) is 36.7 Å². The van der Waals surface area contributed by atoms with Crippen LogP contribution >= 0.6 is 0 Å². The Balaban J connectivity index is 2.33. The number of anilines is 1. The molecule has 8 nitrogen and oxygen atoms in total. The number of Topliss-reactive ketones (excluding diaryl/α,β-unsaturated/α-hetero) is 2. The molecule has 1 aromatic heterocycles. The van der Waals surface area contributed by atoms with E-state index in [1.807, 2.05) is 0 Å². The van der Waals surface area contributed by atoms with Gasteiger partial charge in [0.1, 0.15) is 5.82 Å².